The van der Waals surface area contributed by atoms with Crippen LogP contribution < -0.4 is 9.62 Å². The van der Waals surface area contributed by atoms with Gasteiger partial charge in [-0.05, 0) is 60.5 Å². The van der Waals surface area contributed by atoms with Gasteiger partial charge in [-0.25, -0.2) is 12.8 Å². The Balaban J connectivity index is 1.82. The number of likely N-dealkylation sites (N-methyl/N-ethyl adjacent to an activating group) is 1. The summed E-state index contributed by atoms with van der Waals surface area (Å²) in [5.41, 5.74) is -0.338. The van der Waals surface area contributed by atoms with E-state index >= 15 is 0 Å². The number of hydrogen-bond donors (Lipinski definition) is 1. The van der Waals surface area contributed by atoms with Crippen LogP contribution >= 0.6 is 0 Å². The van der Waals surface area contributed by atoms with Gasteiger partial charge >= 0.3 is 6.18 Å². The van der Waals surface area contributed by atoms with Crippen LogP contribution in [-0.4, -0.2) is 44.3 Å². The Morgan fingerprint density at radius 2 is 1.44 bits per heavy atom. The molecule has 1 atom stereocenters. The number of anilines is 1. The molecular weight excluding hydrogens is 610 g/mol. The molecule has 0 fully saturated rings. The Labute approximate surface area is 259 Å². The molecule has 4 aromatic carbocycles. The van der Waals surface area contributed by atoms with Gasteiger partial charge in [-0.2, -0.15) is 13.2 Å². The quantitative estimate of drug-likeness (QED) is 0.198. The molecule has 236 valence electrons. The number of hydrogen-bond acceptors (Lipinski definition) is 4. The van der Waals surface area contributed by atoms with Crippen molar-refractivity contribution in [1.82, 2.24) is 10.2 Å². The molecule has 4 aromatic rings. The molecule has 0 aromatic heterocycles. The number of halogens is 4. The molecule has 12 heteroatoms. The molecule has 1 unspecified atom stereocenters. The van der Waals surface area contributed by atoms with Gasteiger partial charge in [0.15, 0.2) is 0 Å². The summed E-state index contributed by atoms with van der Waals surface area (Å²) in [6.07, 6.45) is -4.73. The van der Waals surface area contributed by atoms with Gasteiger partial charge in [0.05, 0.1) is 16.1 Å². The van der Waals surface area contributed by atoms with Crippen molar-refractivity contribution in [2.24, 2.45) is 0 Å². The van der Waals surface area contributed by atoms with Gasteiger partial charge in [-0.15, -0.1) is 0 Å². The molecule has 0 saturated heterocycles. The largest absolute Gasteiger partial charge is 0.416 e. The maximum absolute atomic E-state index is 14.2. The summed E-state index contributed by atoms with van der Waals surface area (Å²) in [4.78, 5) is 28.6. The van der Waals surface area contributed by atoms with Gasteiger partial charge < -0.3 is 10.2 Å². The number of benzene rings is 4. The van der Waals surface area contributed by atoms with Crippen LogP contribution in [0.5, 0.6) is 0 Å². The molecule has 45 heavy (non-hydrogen) atoms. The lowest BCUT2D eigenvalue weighted by Crippen LogP contribution is -2.53. The van der Waals surface area contributed by atoms with Gasteiger partial charge in [-0.1, -0.05) is 66.7 Å². The summed E-state index contributed by atoms with van der Waals surface area (Å²) in [5, 5.41) is 2.71. The molecule has 0 aliphatic carbocycles. The van der Waals surface area contributed by atoms with Crippen LogP contribution in [0.2, 0.25) is 0 Å². The third-order valence-corrected chi connectivity index (χ3v) is 8.75. The average molecular weight is 642 g/mol. The van der Waals surface area contributed by atoms with E-state index in [9.17, 15) is 35.6 Å². The van der Waals surface area contributed by atoms with E-state index in [-0.39, 0.29) is 30.1 Å². The summed E-state index contributed by atoms with van der Waals surface area (Å²) in [6.45, 7) is 0.798. The van der Waals surface area contributed by atoms with E-state index in [1.807, 2.05) is 0 Å². The lowest BCUT2D eigenvalue weighted by Gasteiger charge is -2.34. The molecule has 1 N–H and O–H groups in total. The zero-order chi connectivity index (χ0) is 32.6. The highest BCUT2D eigenvalue weighted by Crippen LogP contribution is 2.33. The topological polar surface area (TPSA) is 86.8 Å². The zero-order valence-electron chi connectivity index (χ0n) is 24.2. The number of amides is 2. The van der Waals surface area contributed by atoms with Gasteiger partial charge in [0.1, 0.15) is 18.4 Å². The van der Waals surface area contributed by atoms with E-state index in [0.717, 1.165) is 12.1 Å². The van der Waals surface area contributed by atoms with E-state index in [4.69, 9.17) is 0 Å². The smallest absolute Gasteiger partial charge is 0.355 e. The number of nitrogens with one attached hydrogen (secondary N) is 1. The molecule has 0 saturated carbocycles. The van der Waals surface area contributed by atoms with Crippen molar-refractivity contribution < 1.29 is 35.6 Å². The van der Waals surface area contributed by atoms with Crippen LogP contribution in [0.25, 0.3) is 0 Å². The van der Waals surface area contributed by atoms with E-state index in [1.54, 1.807) is 43.3 Å². The molecule has 2 amide bonds. The first kappa shape index (κ1) is 33.2. The van der Waals surface area contributed by atoms with Crippen LogP contribution in [0.3, 0.4) is 0 Å². The summed E-state index contributed by atoms with van der Waals surface area (Å²) in [5.74, 6) is -1.90. The Kier molecular flexibility index (Phi) is 10.6. The van der Waals surface area contributed by atoms with Crippen LogP contribution in [-0.2, 0) is 38.8 Å². The van der Waals surface area contributed by atoms with Gasteiger partial charge in [0.25, 0.3) is 10.0 Å². The van der Waals surface area contributed by atoms with Crippen molar-refractivity contribution in [2.45, 2.75) is 37.0 Å². The second kappa shape index (κ2) is 14.4. The fourth-order valence-corrected chi connectivity index (χ4v) is 6.15. The summed E-state index contributed by atoms with van der Waals surface area (Å²) in [6, 6.07) is 23.6. The molecule has 7 nitrogen and oxygen atoms in total. The predicted octanol–water partition coefficient (Wildman–Crippen LogP) is 5.82. The van der Waals surface area contributed by atoms with E-state index in [0.29, 0.717) is 21.5 Å². The van der Waals surface area contributed by atoms with Crippen molar-refractivity contribution in [2.75, 3.05) is 17.4 Å². The number of rotatable bonds is 12. The third-order valence-electron chi connectivity index (χ3n) is 6.96. The molecular formula is C33H31F4N3O4S. The standard InChI is InChI=1S/C33H31F4N3O4S/c1-2-38-32(42)30(20-24-10-5-3-6-11-24)39(22-25-16-18-27(34)19-17-25)31(41)23-40(45(43,44)29-14-7-4-8-15-29)28-13-9-12-26(21-28)33(35,36)37/h3-19,21,30H,2,20,22-23H2,1H3,(H,38,42). The highest BCUT2D eigenvalue weighted by Gasteiger charge is 2.36. The molecule has 0 aliphatic rings. The number of carbonyl (C=O) groups excluding carboxylic acids is 2. The SMILES string of the molecule is CCNC(=O)C(Cc1ccccc1)N(Cc1ccc(F)cc1)C(=O)CN(c1cccc(C(F)(F)F)c1)S(=O)(=O)c1ccccc1. The van der Waals surface area contributed by atoms with E-state index in [2.05, 4.69) is 5.32 Å². The predicted molar refractivity (Wildman–Crippen MR) is 162 cm³/mol. The molecule has 0 bridgehead atoms. The third kappa shape index (κ3) is 8.48. The summed E-state index contributed by atoms with van der Waals surface area (Å²) in [7, 11) is -4.57. The fraction of sp³-hybridized carbons (Fsp3) is 0.212. The maximum atomic E-state index is 14.2. The zero-order valence-corrected chi connectivity index (χ0v) is 25.1. The highest BCUT2D eigenvalue weighted by molar-refractivity contribution is 7.92. The van der Waals surface area contributed by atoms with Crippen molar-refractivity contribution in [3.8, 4) is 0 Å². The van der Waals surface area contributed by atoms with Crippen LogP contribution in [0, 0.1) is 5.82 Å². The Morgan fingerprint density at radius 1 is 0.822 bits per heavy atom. The first-order valence-corrected chi connectivity index (χ1v) is 15.4. The van der Waals surface area contributed by atoms with E-state index < -0.39 is 52.0 Å². The second-order valence-electron chi connectivity index (χ2n) is 10.1. The minimum atomic E-state index is -4.78. The van der Waals surface area contributed by atoms with Crippen molar-refractivity contribution >= 4 is 27.5 Å². The Bertz CT molecular complexity index is 1700. The van der Waals surface area contributed by atoms with Crippen molar-refractivity contribution in [1.29, 1.82) is 0 Å². The lowest BCUT2D eigenvalue weighted by atomic mass is 10.0. The fourth-order valence-electron chi connectivity index (χ4n) is 4.72. The Hall–Kier alpha value is -4.71. The normalized spacial score (nSPS) is 12.3. The maximum Gasteiger partial charge on any atom is 0.416 e. The minimum absolute atomic E-state index is 0.0502. The average Bonchev–Trinajstić information content (AvgIpc) is 3.03. The minimum Gasteiger partial charge on any atom is -0.355 e. The molecule has 0 aliphatic heterocycles. The van der Waals surface area contributed by atoms with Gasteiger partial charge in [-0.3, -0.25) is 13.9 Å². The number of alkyl halides is 3. The summed E-state index contributed by atoms with van der Waals surface area (Å²) >= 11 is 0. The Morgan fingerprint density at radius 3 is 2.04 bits per heavy atom. The molecule has 0 radical (unpaired) electrons. The number of nitrogens with zero attached hydrogens (tertiary/aromatic N) is 2. The first-order valence-electron chi connectivity index (χ1n) is 14.0. The molecule has 0 spiro atoms. The first-order chi connectivity index (χ1) is 21.4. The van der Waals surface area contributed by atoms with Gasteiger partial charge in [0, 0.05) is 19.5 Å². The highest BCUT2D eigenvalue weighted by atomic mass is 32.2. The second-order valence-corrected chi connectivity index (χ2v) is 12.0. The van der Waals surface area contributed by atoms with Crippen LogP contribution in [0.15, 0.2) is 114 Å². The van der Waals surface area contributed by atoms with Crippen molar-refractivity contribution in [3.63, 3.8) is 0 Å². The lowest BCUT2D eigenvalue weighted by molar-refractivity contribution is -0.140. The number of carbonyl (C=O) groups is 2. The summed E-state index contributed by atoms with van der Waals surface area (Å²) < 4.78 is 83.1. The van der Waals surface area contributed by atoms with Crippen LogP contribution in [0.1, 0.15) is 23.6 Å². The molecule has 4 rings (SSSR count). The molecule has 0 heterocycles. The number of sulfonamides is 1. The van der Waals surface area contributed by atoms with Gasteiger partial charge in [0.2, 0.25) is 11.8 Å². The van der Waals surface area contributed by atoms with Crippen molar-refractivity contribution in [3.05, 3.63) is 132 Å². The van der Waals surface area contributed by atoms with E-state index in [1.165, 1.54) is 59.5 Å². The van der Waals surface area contributed by atoms with Crippen LogP contribution in [0.4, 0.5) is 23.2 Å². The monoisotopic (exact) mass is 641 g/mol.